The summed E-state index contributed by atoms with van der Waals surface area (Å²) in [7, 11) is -3.62. The molecule has 2 aromatic rings. The molecular formula is C17H21N5O3S. The first-order valence-corrected chi connectivity index (χ1v) is 9.93. The summed E-state index contributed by atoms with van der Waals surface area (Å²) in [4.78, 5) is 16.9. The van der Waals surface area contributed by atoms with Gasteiger partial charge in [0.05, 0.1) is 11.1 Å². The van der Waals surface area contributed by atoms with E-state index in [9.17, 15) is 13.2 Å². The number of anilines is 1. The summed E-state index contributed by atoms with van der Waals surface area (Å²) in [6.07, 6.45) is 3.61. The molecule has 2 N–H and O–H groups in total. The van der Waals surface area contributed by atoms with Gasteiger partial charge in [-0.25, -0.2) is 13.1 Å². The molecule has 3 rings (SSSR count). The van der Waals surface area contributed by atoms with E-state index in [2.05, 4.69) is 27.1 Å². The predicted octanol–water partition coefficient (Wildman–Crippen LogP) is 1.75. The summed E-state index contributed by atoms with van der Waals surface area (Å²) in [6.45, 7) is 4.42. The maximum atomic E-state index is 12.5. The van der Waals surface area contributed by atoms with Crippen molar-refractivity contribution in [3.63, 3.8) is 0 Å². The molecule has 1 amide bonds. The van der Waals surface area contributed by atoms with Gasteiger partial charge in [0.15, 0.2) is 0 Å². The number of rotatable bonds is 6. The third kappa shape index (κ3) is 3.62. The van der Waals surface area contributed by atoms with E-state index in [4.69, 9.17) is 0 Å². The van der Waals surface area contributed by atoms with Gasteiger partial charge in [-0.2, -0.15) is 5.10 Å². The molecule has 9 heteroatoms. The Morgan fingerprint density at radius 3 is 2.88 bits per heavy atom. The van der Waals surface area contributed by atoms with Crippen molar-refractivity contribution in [2.24, 2.45) is 4.99 Å². The van der Waals surface area contributed by atoms with E-state index in [0.29, 0.717) is 11.4 Å². The molecule has 0 aliphatic carbocycles. The first-order chi connectivity index (χ1) is 12.4. The van der Waals surface area contributed by atoms with Crippen LogP contribution in [0.2, 0.25) is 0 Å². The Hall–Kier alpha value is -2.68. The fourth-order valence-corrected chi connectivity index (χ4v) is 3.88. The van der Waals surface area contributed by atoms with E-state index in [0.717, 1.165) is 19.4 Å². The molecule has 1 aliphatic rings. The average molecular weight is 375 g/mol. The summed E-state index contributed by atoms with van der Waals surface area (Å²) < 4.78 is 28.4. The Labute approximate surface area is 152 Å². The van der Waals surface area contributed by atoms with Crippen molar-refractivity contribution < 1.29 is 13.2 Å². The lowest BCUT2D eigenvalue weighted by molar-refractivity contribution is -0.117. The zero-order chi connectivity index (χ0) is 18.7. The van der Waals surface area contributed by atoms with Gasteiger partial charge in [0, 0.05) is 18.2 Å². The lowest BCUT2D eigenvalue weighted by Gasteiger charge is -2.11. The summed E-state index contributed by atoms with van der Waals surface area (Å²) in [6, 6.07) is 7.50. The second-order valence-corrected chi connectivity index (χ2v) is 7.69. The van der Waals surface area contributed by atoms with Crippen LogP contribution in [0.4, 0.5) is 5.82 Å². The number of aliphatic imine (C=N–C) groups is 1. The smallest absolute Gasteiger partial charge is 0.263 e. The van der Waals surface area contributed by atoms with Gasteiger partial charge in [0.1, 0.15) is 17.7 Å². The molecule has 138 valence electrons. The quantitative estimate of drug-likeness (QED) is 0.802. The molecule has 1 atom stereocenters. The normalized spacial score (nSPS) is 17.5. The van der Waals surface area contributed by atoms with Crippen LogP contribution in [-0.2, 0) is 21.4 Å². The molecule has 0 fully saturated rings. The molecule has 0 radical (unpaired) electrons. The van der Waals surface area contributed by atoms with Crippen LogP contribution in [0.3, 0.4) is 0 Å². The number of hydrogen-bond acceptors (Lipinski definition) is 5. The van der Waals surface area contributed by atoms with Crippen molar-refractivity contribution in [2.75, 3.05) is 5.32 Å². The number of nitrogens with zero attached hydrogens (tertiary/aromatic N) is 3. The van der Waals surface area contributed by atoms with Gasteiger partial charge in [-0.05, 0) is 25.5 Å². The van der Waals surface area contributed by atoms with Gasteiger partial charge in [-0.15, -0.1) is 0 Å². The number of aromatic nitrogens is 2. The molecular weight excluding hydrogens is 354 g/mol. The van der Waals surface area contributed by atoms with Crippen LogP contribution in [0.5, 0.6) is 0 Å². The van der Waals surface area contributed by atoms with Crippen LogP contribution in [-0.4, -0.2) is 36.0 Å². The predicted molar refractivity (Wildman–Crippen MR) is 98.5 cm³/mol. The number of sulfonamides is 1. The van der Waals surface area contributed by atoms with Gasteiger partial charge in [0.25, 0.3) is 10.0 Å². The molecule has 1 aromatic carbocycles. The Balaban J connectivity index is 1.76. The minimum absolute atomic E-state index is 0.170. The standard InChI is InChI=1S/C17H21N5O3S/c1-3-4-11-22-15(9-10-18-22)20-17(23)12(2)19-16-13-7-5-6-8-14(13)26(24,25)21-16/h5-10,12H,3-4,11H2,1-2H3,(H,19,21)(H,20,23)/t12-/m0/s1. The second kappa shape index (κ2) is 7.28. The second-order valence-electron chi connectivity index (χ2n) is 6.04. The number of carbonyl (C=O) groups excluding carboxylic acids is 1. The van der Waals surface area contributed by atoms with Crippen LogP contribution in [0.25, 0.3) is 0 Å². The number of benzene rings is 1. The number of unbranched alkanes of at least 4 members (excludes halogenated alkanes) is 1. The van der Waals surface area contributed by atoms with Crippen molar-refractivity contribution in [1.29, 1.82) is 0 Å². The monoisotopic (exact) mass is 375 g/mol. The van der Waals surface area contributed by atoms with Crippen molar-refractivity contribution in [3.8, 4) is 0 Å². The summed E-state index contributed by atoms with van der Waals surface area (Å²) in [5.74, 6) is 0.449. The maximum absolute atomic E-state index is 12.5. The molecule has 0 unspecified atom stereocenters. The highest BCUT2D eigenvalue weighted by molar-refractivity contribution is 7.90. The topological polar surface area (TPSA) is 105 Å². The van der Waals surface area contributed by atoms with Crippen molar-refractivity contribution in [2.45, 2.75) is 44.2 Å². The van der Waals surface area contributed by atoms with E-state index < -0.39 is 16.1 Å². The number of amides is 1. The number of fused-ring (bicyclic) bond motifs is 1. The molecule has 0 saturated heterocycles. The SMILES string of the molecule is CCCCn1nccc1NC(=O)[C@H](C)N=C1NS(=O)(=O)c2ccccc21. The molecule has 2 heterocycles. The third-order valence-electron chi connectivity index (χ3n) is 4.06. The van der Waals surface area contributed by atoms with Crippen LogP contribution >= 0.6 is 0 Å². The molecule has 0 bridgehead atoms. The lowest BCUT2D eigenvalue weighted by atomic mass is 10.2. The van der Waals surface area contributed by atoms with E-state index >= 15 is 0 Å². The number of carbonyl (C=O) groups is 1. The van der Waals surface area contributed by atoms with Crippen LogP contribution < -0.4 is 10.0 Å². The Morgan fingerprint density at radius 2 is 2.12 bits per heavy atom. The van der Waals surface area contributed by atoms with Crippen LogP contribution in [0.1, 0.15) is 32.3 Å². The fourth-order valence-electron chi connectivity index (χ4n) is 2.64. The zero-order valence-electron chi connectivity index (χ0n) is 14.6. The molecule has 0 saturated carbocycles. The first-order valence-electron chi connectivity index (χ1n) is 8.45. The number of nitrogens with one attached hydrogen (secondary N) is 2. The van der Waals surface area contributed by atoms with Gasteiger partial charge >= 0.3 is 0 Å². The van der Waals surface area contributed by atoms with E-state index in [1.54, 1.807) is 42.1 Å². The van der Waals surface area contributed by atoms with Crippen LogP contribution in [0.15, 0.2) is 46.4 Å². The largest absolute Gasteiger partial charge is 0.309 e. The third-order valence-corrected chi connectivity index (χ3v) is 5.45. The van der Waals surface area contributed by atoms with Crippen molar-refractivity contribution in [1.82, 2.24) is 14.5 Å². The summed E-state index contributed by atoms with van der Waals surface area (Å²) >= 11 is 0. The van der Waals surface area contributed by atoms with Crippen LogP contribution in [0, 0.1) is 0 Å². The van der Waals surface area contributed by atoms with Gasteiger partial charge in [0.2, 0.25) is 5.91 Å². The number of amidine groups is 1. The molecule has 1 aromatic heterocycles. The highest BCUT2D eigenvalue weighted by Gasteiger charge is 2.31. The Bertz CT molecular complexity index is 949. The van der Waals surface area contributed by atoms with E-state index in [-0.39, 0.29) is 16.6 Å². The van der Waals surface area contributed by atoms with Gasteiger partial charge < -0.3 is 5.32 Å². The van der Waals surface area contributed by atoms with E-state index in [1.807, 2.05) is 0 Å². The molecule has 8 nitrogen and oxygen atoms in total. The number of aryl methyl sites for hydroxylation is 1. The zero-order valence-corrected chi connectivity index (χ0v) is 15.5. The Kier molecular flexibility index (Phi) is 5.08. The summed E-state index contributed by atoms with van der Waals surface area (Å²) in [5.41, 5.74) is 0.472. The van der Waals surface area contributed by atoms with Gasteiger partial charge in [-0.3, -0.25) is 14.5 Å². The Morgan fingerprint density at radius 1 is 1.35 bits per heavy atom. The molecule has 0 spiro atoms. The molecule has 1 aliphatic heterocycles. The van der Waals surface area contributed by atoms with Crippen molar-refractivity contribution >= 4 is 27.6 Å². The molecule has 26 heavy (non-hydrogen) atoms. The average Bonchev–Trinajstić information content (AvgIpc) is 3.15. The minimum Gasteiger partial charge on any atom is -0.309 e. The fraction of sp³-hybridized carbons (Fsp3) is 0.353. The maximum Gasteiger partial charge on any atom is 0.263 e. The highest BCUT2D eigenvalue weighted by Crippen LogP contribution is 2.22. The first kappa shape index (κ1) is 18.1. The highest BCUT2D eigenvalue weighted by atomic mass is 32.2. The summed E-state index contributed by atoms with van der Waals surface area (Å²) in [5, 5.41) is 6.99. The lowest BCUT2D eigenvalue weighted by Crippen LogP contribution is -2.29. The van der Waals surface area contributed by atoms with Gasteiger partial charge in [-0.1, -0.05) is 25.5 Å². The van der Waals surface area contributed by atoms with Crippen molar-refractivity contribution in [3.05, 3.63) is 42.1 Å². The minimum atomic E-state index is -3.62. The van der Waals surface area contributed by atoms with E-state index in [1.165, 1.54) is 6.07 Å². The number of hydrogen-bond donors (Lipinski definition) is 2.